The molecule has 3 aromatic heterocycles. The smallest absolute Gasteiger partial charge is 0.352 e. The molecule has 4 heterocycles. The number of anilines is 1. The van der Waals surface area contributed by atoms with E-state index in [0.29, 0.717) is 12.4 Å². The Balaban J connectivity index is 1.60. The predicted octanol–water partition coefficient (Wildman–Crippen LogP) is 3.95. The second kappa shape index (κ2) is 9.58. The van der Waals surface area contributed by atoms with Gasteiger partial charge in [-0.15, -0.1) is 0 Å². The monoisotopic (exact) mass is 608 g/mol. The molecule has 2 atom stereocenters. The van der Waals surface area contributed by atoms with Crippen LogP contribution >= 0.6 is 22.9 Å². The zero-order valence-electron chi connectivity index (χ0n) is 18.0. The van der Waals surface area contributed by atoms with Crippen LogP contribution in [0.2, 0.25) is 0 Å². The molecule has 1 saturated heterocycles. The Kier molecular flexibility index (Phi) is 6.88. The highest BCUT2D eigenvalue weighted by Crippen LogP contribution is 2.36. The van der Waals surface area contributed by atoms with Crippen molar-refractivity contribution in [2.45, 2.75) is 31.5 Å². The molecule has 0 radical (unpaired) electrons. The summed E-state index contributed by atoms with van der Waals surface area (Å²) in [7, 11) is 0. The van der Waals surface area contributed by atoms with Gasteiger partial charge in [0.2, 0.25) is 5.95 Å². The van der Waals surface area contributed by atoms with E-state index in [4.69, 9.17) is 0 Å². The molecule has 0 saturated carbocycles. The molecule has 1 N–H and O–H groups in total. The summed E-state index contributed by atoms with van der Waals surface area (Å²) in [5.74, 6) is -4.43. The van der Waals surface area contributed by atoms with Crippen molar-refractivity contribution in [3.8, 4) is 11.4 Å². The van der Waals surface area contributed by atoms with E-state index in [2.05, 4.69) is 30.4 Å². The number of piperidine rings is 1. The Morgan fingerprint density at radius 1 is 1.20 bits per heavy atom. The molecular formula is C20H18F5IN8O. The summed E-state index contributed by atoms with van der Waals surface area (Å²) in [6.45, 7) is 0.668. The number of alkyl halides is 5. The number of hydrogen-bond acceptors (Lipinski definition) is 7. The third-order valence-electron chi connectivity index (χ3n) is 5.48. The second-order valence-corrected chi connectivity index (χ2v) is 9.05. The van der Waals surface area contributed by atoms with Crippen molar-refractivity contribution in [1.29, 1.82) is 0 Å². The maximum atomic E-state index is 14.5. The minimum Gasteiger partial charge on any atom is -0.352 e. The zero-order valence-corrected chi connectivity index (χ0v) is 20.2. The van der Waals surface area contributed by atoms with Gasteiger partial charge in [-0.2, -0.15) is 18.3 Å². The van der Waals surface area contributed by atoms with E-state index >= 15 is 0 Å². The number of hydrogen-bond donors (Lipinski definition) is 1. The SMILES string of the molecule is C[C@@H]1CC(F)(F)CN(C(=O)c2nn(I)cc2-c2ncccn2)[C@@H]1CNc1ncc(C(F)(F)F)cn1. The summed E-state index contributed by atoms with van der Waals surface area (Å²) in [6.07, 6.45) is 0.660. The Labute approximate surface area is 209 Å². The van der Waals surface area contributed by atoms with Crippen LogP contribution in [0.1, 0.15) is 29.4 Å². The lowest BCUT2D eigenvalue weighted by atomic mass is 9.88. The summed E-state index contributed by atoms with van der Waals surface area (Å²) in [4.78, 5) is 30.0. The lowest BCUT2D eigenvalue weighted by Crippen LogP contribution is -2.57. The molecule has 0 unspecified atom stereocenters. The molecule has 1 aliphatic rings. The van der Waals surface area contributed by atoms with Crippen molar-refractivity contribution in [3.63, 3.8) is 0 Å². The molecule has 0 aliphatic carbocycles. The van der Waals surface area contributed by atoms with Crippen LogP contribution in [0.5, 0.6) is 0 Å². The average Bonchev–Trinajstić information content (AvgIpc) is 3.19. The molecule has 9 nitrogen and oxygen atoms in total. The number of halogens is 6. The molecule has 4 rings (SSSR count). The van der Waals surface area contributed by atoms with Crippen molar-refractivity contribution < 1.29 is 26.7 Å². The molecule has 15 heteroatoms. The first-order valence-electron chi connectivity index (χ1n) is 10.3. The molecular weight excluding hydrogens is 590 g/mol. The summed E-state index contributed by atoms with van der Waals surface area (Å²) in [6, 6.07) is 0.856. The highest BCUT2D eigenvalue weighted by Gasteiger charge is 2.47. The van der Waals surface area contributed by atoms with Gasteiger partial charge >= 0.3 is 6.18 Å². The molecule has 1 aliphatic heterocycles. The fourth-order valence-electron chi connectivity index (χ4n) is 3.88. The minimum atomic E-state index is -4.59. The van der Waals surface area contributed by atoms with Gasteiger partial charge in [0.1, 0.15) is 0 Å². The third kappa shape index (κ3) is 5.65. The van der Waals surface area contributed by atoms with Gasteiger partial charge in [0, 0.05) is 43.9 Å². The summed E-state index contributed by atoms with van der Waals surface area (Å²) in [5.41, 5.74) is -0.828. The number of aromatic nitrogens is 6. The van der Waals surface area contributed by atoms with E-state index in [-0.39, 0.29) is 29.6 Å². The topological polar surface area (TPSA) is 102 Å². The first-order chi connectivity index (χ1) is 16.4. The number of amides is 1. The molecule has 0 bridgehead atoms. The Hall–Kier alpha value is -2.98. The Morgan fingerprint density at radius 3 is 2.49 bits per heavy atom. The van der Waals surface area contributed by atoms with Crippen molar-refractivity contribution in [1.82, 2.24) is 32.8 Å². The Morgan fingerprint density at radius 2 is 1.86 bits per heavy atom. The van der Waals surface area contributed by atoms with E-state index in [1.807, 2.05) is 22.9 Å². The maximum absolute atomic E-state index is 14.5. The van der Waals surface area contributed by atoms with Crippen LogP contribution < -0.4 is 5.32 Å². The van der Waals surface area contributed by atoms with Crippen LogP contribution in [-0.2, 0) is 6.18 Å². The van der Waals surface area contributed by atoms with Crippen LogP contribution in [0.3, 0.4) is 0 Å². The quantitative estimate of drug-likeness (QED) is 0.346. The summed E-state index contributed by atoms with van der Waals surface area (Å²) < 4.78 is 68.6. The number of carbonyl (C=O) groups is 1. The molecule has 3 aromatic rings. The fourth-order valence-corrected chi connectivity index (χ4v) is 4.38. The number of carbonyl (C=O) groups excluding carboxylic acids is 1. The van der Waals surface area contributed by atoms with E-state index in [0.717, 1.165) is 4.90 Å². The van der Waals surface area contributed by atoms with Crippen molar-refractivity contribution in [3.05, 3.63) is 48.3 Å². The standard InChI is InChI=1S/C20H18F5IN8O/c1-11-5-19(21,22)10-33(14(11)8-31-18-29-6-12(7-30-18)20(23,24)25)17(35)15-13(9-34(26)32-15)16-27-3-2-4-28-16/h2-4,6-7,9,11,14H,5,8,10H2,1H3,(H,29,30,31)/t11-,14-/m1/s1. The van der Waals surface area contributed by atoms with E-state index in [9.17, 15) is 26.7 Å². The zero-order chi connectivity index (χ0) is 25.4. The van der Waals surface area contributed by atoms with Crippen LogP contribution in [0.25, 0.3) is 11.4 Å². The number of likely N-dealkylation sites (tertiary alicyclic amines) is 1. The number of nitrogens with zero attached hydrogens (tertiary/aromatic N) is 7. The average molecular weight is 608 g/mol. The summed E-state index contributed by atoms with van der Waals surface area (Å²) >= 11 is 1.83. The second-order valence-electron chi connectivity index (χ2n) is 8.06. The maximum Gasteiger partial charge on any atom is 0.419 e. The van der Waals surface area contributed by atoms with Crippen LogP contribution in [-0.4, -0.2) is 63.8 Å². The molecule has 1 amide bonds. The first kappa shape index (κ1) is 25.1. The van der Waals surface area contributed by atoms with Crippen LogP contribution in [0, 0.1) is 5.92 Å². The van der Waals surface area contributed by atoms with E-state index < -0.39 is 48.5 Å². The molecule has 1 fully saturated rings. The van der Waals surface area contributed by atoms with Crippen molar-refractivity contribution in [2.24, 2.45) is 5.92 Å². The van der Waals surface area contributed by atoms with Crippen molar-refractivity contribution >= 4 is 34.7 Å². The molecule has 35 heavy (non-hydrogen) atoms. The predicted molar refractivity (Wildman–Crippen MR) is 122 cm³/mol. The molecule has 186 valence electrons. The van der Waals surface area contributed by atoms with E-state index in [1.165, 1.54) is 21.5 Å². The highest BCUT2D eigenvalue weighted by molar-refractivity contribution is 14.1. The van der Waals surface area contributed by atoms with Gasteiger partial charge in [0.05, 0.1) is 46.6 Å². The highest BCUT2D eigenvalue weighted by atomic mass is 127. The van der Waals surface area contributed by atoms with E-state index in [1.54, 1.807) is 13.0 Å². The fraction of sp³-hybridized carbons (Fsp3) is 0.400. The van der Waals surface area contributed by atoms with Crippen molar-refractivity contribution in [2.75, 3.05) is 18.4 Å². The summed E-state index contributed by atoms with van der Waals surface area (Å²) in [5, 5.41) is 6.91. The van der Waals surface area contributed by atoms with Gasteiger partial charge in [-0.3, -0.25) is 4.79 Å². The Bertz CT molecular complexity index is 1190. The third-order valence-corrected chi connectivity index (χ3v) is 5.98. The normalized spacial score (nSPS) is 20.0. The van der Waals surface area contributed by atoms with Gasteiger partial charge in [-0.05, 0) is 12.0 Å². The largest absolute Gasteiger partial charge is 0.419 e. The van der Waals surface area contributed by atoms with Crippen LogP contribution in [0.4, 0.5) is 27.9 Å². The van der Waals surface area contributed by atoms with Gasteiger partial charge < -0.3 is 10.2 Å². The molecule has 0 spiro atoms. The van der Waals surface area contributed by atoms with Gasteiger partial charge in [-0.25, -0.2) is 31.6 Å². The van der Waals surface area contributed by atoms with Gasteiger partial charge in [-0.1, -0.05) is 6.92 Å². The van der Waals surface area contributed by atoms with Gasteiger partial charge in [0.15, 0.2) is 11.5 Å². The first-order valence-corrected chi connectivity index (χ1v) is 11.3. The number of rotatable bonds is 5. The van der Waals surface area contributed by atoms with Gasteiger partial charge in [0.25, 0.3) is 11.8 Å². The lowest BCUT2D eigenvalue weighted by molar-refractivity contribution is -0.138. The minimum absolute atomic E-state index is 0.0591. The number of nitrogens with one attached hydrogen (secondary N) is 1. The lowest BCUT2D eigenvalue weighted by Gasteiger charge is -2.43. The molecule has 0 aromatic carbocycles. The van der Waals surface area contributed by atoms with Crippen LogP contribution in [0.15, 0.2) is 37.1 Å².